The quantitative estimate of drug-likeness (QED) is 0.821. The SMILES string of the molecule is c1cn(C2CCN(C3CCCCCCC3)CC2)nn1. The Labute approximate surface area is 116 Å². The van der Waals surface area contributed by atoms with E-state index in [1.165, 1.54) is 70.9 Å². The molecular weight excluding hydrogens is 236 g/mol. The summed E-state index contributed by atoms with van der Waals surface area (Å²) in [4.78, 5) is 2.75. The Morgan fingerprint density at radius 3 is 2.11 bits per heavy atom. The second-order valence-electron chi connectivity index (χ2n) is 6.15. The lowest BCUT2D eigenvalue weighted by Gasteiger charge is -2.38. The fourth-order valence-electron chi connectivity index (χ4n) is 3.73. The summed E-state index contributed by atoms with van der Waals surface area (Å²) < 4.78 is 2.05. The van der Waals surface area contributed by atoms with Crippen molar-refractivity contribution in [2.24, 2.45) is 0 Å². The van der Waals surface area contributed by atoms with E-state index in [0.717, 1.165) is 6.04 Å². The molecule has 0 atom stereocenters. The van der Waals surface area contributed by atoms with Gasteiger partial charge in [-0.2, -0.15) is 0 Å². The van der Waals surface area contributed by atoms with Crippen molar-refractivity contribution < 1.29 is 0 Å². The normalized spacial score (nSPS) is 25.1. The number of likely N-dealkylation sites (tertiary alicyclic amines) is 1. The van der Waals surface area contributed by atoms with Gasteiger partial charge in [-0.1, -0.05) is 37.3 Å². The molecule has 2 heterocycles. The van der Waals surface area contributed by atoms with Gasteiger partial charge in [0.25, 0.3) is 0 Å². The predicted molar refractivity (Wildman–Crippen MR) is 76.0 cm³/mol. The van der Waals surface area contributed by atoms with Gasteiger partial charge in [-0.25, -0.2) is 4.68 Å². The van der Waals surface area contributed by atoms with Crippen molar-refractivity contribution in [1.29, 1.82) is 0 Å². The highest BCUT2D eigenvalue weighted by Gasteiger charge is 2.26. The standard InChI is InChI=1S/C15H26N4/c1-2-4-6-14(7-5-3-1)18-11-8-15(9-12-18)19-13-10-16-17-19/h10,13-15H,1-9,11-12H2. The van der Waals surface area contributed by atoms with Crippen molar-refractivity contribution in [3.63, 3.8) is 0 Å². The molecule has 0 aromatic carbocycles. The largest absolute Gasteiger partial charge is 0.300 e. The monoisotopic (exact) mass is 262 g/mol. The maximum absolute atomic E-state index is 4.15. The van der Waals surface area contributed by atoms with Gasteiger partial charge < -0.3 is 4.90 Å². The molecule has 4 nitrogen and oxygen atoms in total. The van der Waals surface area contributed by atoms with E-state index in [0.29, 0.717) is 6.04 Å². The molecule has 0 bridgehead atoms. The first-order valence-corrected chi connectivity index (χ1v) is 8.03. The molecule has 1 aliphatic heterocycles. The van der Waals surface area contributed by atoms with Crippen molar-refractivity contribution in [3.05, 3.63) is 12.4 Å². The lowest BCUT2D eigenvalue weighted by atomic mass is 9.93. The third-order valence-corrected chi connectivity index (χ3v) is 4.91. The van der Waals surface area contributed by atoms with Crippen LogP contribution in [0.1, 0.15) is 63.8 Å². The van der Waals surface area contributed by atoms with E-state index in [1.807, 2.05) is 6.20 Å². The highest BCUT2D eigenvalue weighted by Crippen LogP contribution is 2.27. The van der Waals surface area contributed by atoms with Gasteiger partial charge in [-0.05, 0) is 25.7 Å². The molecule has 19 heavy (non-hydrogen) atoms. The fourth-order valence-corrected chi connectivity index (χ4v) is 3.73. The van der Waals surface area contributed by atoms with Crippen LogP contribution >= 0.6 is 0 Å². The van der Waals surface area contributed by atoms with Crippen LogP contribution in [0.4, 0.5) is 0 Å². The fraction of sp³-hybridized carbons (Fsp3) is 0.867. The predicted octanol–water partition coefficient (Wildman–Crippen LogP) is 3.03. The van der Waals surface area contributed by atoms with Gasteiger partial charge in [0.15, 0.2) is 0 Å². The van der Waals surface area contributed by atoms with Crippen LogP contribution in [0.2, 0.25) is 0 Å². The van der Waals surface area contributed by atoms with E-state index in [2.05, 4.69) is 19.9 Å². The van der Waals surface area contributed by atoms with Crippen molar-refractivity contribution >= 4 is 0 Å². The van der Waals surface area contributed by atoms with Crippen LogP contribution in [0.25, 0.3) is 0 Å². The summed E-state index contributed by atoms with van der Waals surface area (Å²) in [6, 6.07) is 1.43. The number of hydrogen-bond acceptors (Lipinski definition) is 3. The van der Waals surface area contributed by atoms with Gasteiger partial charge in [0.2, 0.25) is 0 Å². The van der Waals surface area contributed by atoms with Crippen molar-refractivity contribution in [2.75, 3.05) is 13.1 Å². The van der Waals surface area contributed by atoms with Crippen LogP contribution in [-0.4, -0.2) is 39.0 Å². The first-order chi connectivity index (χ1) is 9.43. The lowest BCUT2D eigenvalue weighted by Crippen LogP contribution is -2.42. The second kappa shape index (κ2) is 6.51. The molecule has 2 aliphatic rings. The molecule has 2 fully saturated rings. The van der Waals surface area contributed by atoms with Gasteiger partial charge in [0, 0.05) is 25.3 Å². The molecule has 4 heteroatoms. The van der Waals surface area contributed by atoms with E-state index in [4.69, 9.17) is 0 Å². The second-order valence-corrected chi connectivity index (χ2v) is 6.15. The molecule has 1 saturated heterocycles. The summed E-state index contributed by atoms with van der Waals surface area (Å²) >= 11 is 0. The van der Waals surface area contributed by atoms with Crippen LogP contribution in [0.5, 0.6) is 0 Å². The molecule has 0 spiro atoms. The van der Waals surface area contributed by atoms with Gasteiger partial charge >= 0.3 is 0 Å². The average molecular weight is 262 g/mol. The number of nitrogens with zero attached hydrogens (tertiary/aromatic N) is 4. The zero-order valence-electron chi connectivity index (χ0n) is 11.9. The van der Waals surface area contributed by atoms with E-state index in [9.17, 15) is 0 Å². The Balaban J connectivity index is 1.51. The molecule has 106 valence electrons. The molecule has 1 aromatic heterocycles. The minimum Gasteiger partial charge on any atom is -0.300 e. The van der Waals surface area contributed by atoms with E-state index in [-0.39, 0.29) is 0 Å². The summed E-state index contributed by atoms with van der Waals surface area (Å²) in [6.07, 6.45) is 16.4. The van der Waals surface area contributed by atoms with Crippen LogP contribution < -0.4 is 0 Å². The Morgan fingerprint density at radius 2 is 1.47 bits per heavy atom. The van der Waals surface area contributed by atoms with Crippen molar-refractivity contribution in [1.82, 2.24) is 19.9 Å². The van der Waals surface area contributed by atoms with E-state index >= 15 is 0 Å². The molecule has 1 aromatic rings. The Kier molecular flexibility index (Phi) is 4.49. The molecule has 0 radical (unpaired) electrons. The Bertz CT molecular complexity index is 346. The van der Waals surface area contributed by atoms with Gasteiger partial charge in [0.1, 0.15) is 0 Å². The van der Waals surface area contributed by atoms with Crippen LogP contribution in [-0.2, 0) is 0 Å². The topological polar surface area (TPSA) is 34.0 Å². The van der Waals surface area contributed by atoms with Crippen LogP contribution in [0.15, 0.2) is 12.4 Å². The van der Waals surface area contributed by atoms with Crippen molar-refractivity contribution in [2.45, 2.75) is 69.9 Å². The third-order valence-electron chi connectivity index (χ3n) is 4.91. The summed E-state index contributed by atoms with van der Waals surface area (Å²) in [5, 5.41) is 8.08. The molecule has 1 saturated carbocycles. The van der Waals surface area contributed by atoms with E-state index in [1.54, 1.807) is 6.20 Å². The molecule has 1 aliphatic carbocycles. The smallest absolute Gasteiger partial charge is 0.0693 e. The number of aromatic nitrogens is 3. The zero-order chi connectivity index (χ0) is 12.9. The summed E-state index contributed by atoms with van der Waals surface area (Å²) in [6.45, 7) is 2.49. The maximum atomic E-state index is 4.15. The molecular formula is C15H26N4. The summed E-state index contributed by atoms with van der Waals surface area (Å²) in [5.41, 5.74) is 0. The van der Waals surface area contributed by atoms with Crippen LogP contribution in [0.3, 0.4) is 0 Å². The third kappa shape index (κ3) is 3.35. The summed E-state index contributed by atoms with van der Waals surface area (Å²) in [5.74, 6) is 0. The first-order valence-electron chi connectivity index (χ1n) is 8.03. The first kappa shape index (κ1) is 13.1. The van der Waals surface area contributed by atoms with Gasteiger partial charge in [-0.3, -0.25) is 0 Å². The Hall–Kier alpha value is -0.900. The number of rotatable bonds is 2. The minimum absolute atomic E-state index is 0.576. The Morgan fingerprint density at radius 1 is 0.789 bits per heavy atom. The molecule has 0 amide bonds. The van der Waals surface area contributed by atoms with E-state index < -0.39 is 0 Å². The molecule has 3 rings (SSSR count). The minimum atomic E-state index is 0.576. The van der Waals surface area contributed by atoms with Crippen molar-refractivity contribution in [3.8, 4) is 0 Å². The molecule has 0 unspecified atom stereocenters. The van der Waals surface area contributed by atoms with Crippen LogP contribution in [0, 0.1) is 0 Å². The zero-order valence-corrected chi connectivity index (χ0v) is 11.9. The number of piperidine rings is 1. The lowest BCUT2D eigenvalue weighted by molar-refractivity contribution is 0.112. The van der Waals surface area contributed by atoms with Gasteiger partial charge in [-0.15, -0.1) is 5.10 Å². The maximum Gasteiger partial charge on any atom is 0.0693 e. The number of hydrogen-bond donors (Lipinski definition) is 0. The van der Waals surface area contributed by atoms with Gasteiger partial charge in [0.05, 0.1) is 12.2 Å². The highest BCUT2D eigenvalue weighted by molar-refractivity contribution is 4.82. The highest BCUT2D eigenvalue weighted by atomic mass is 15.4. The average Bonchev–Trinajstić information content (AvgIpc) is 2.93. The molecule has 0 N–H and O–H groups in total. The summed E-state index contributed by atoms with van der Waals surface area (Å²) in [7, 11) is 0.